The number of nitrogen functional groups attached to an aromatic ring is 1. The van der Waals surface area contributed by atoms with Crippen LogP contribution in [0.1, 0.15) is 19.9 Å². The highest BCUT2D eigenvalue weighted by atomic mass is 35.5. The van der Waals surface area contributed by atoms with Gasteiger partial charge in [0.25, 0.3) is 0 Å². The molecule has 0 saturated heterocycles. The van der Waals surface area contributed by atoms with Gasteiger partial charge in [0.05, 0.1) is 6.04 Å². The summed E-state index contributed by atoms with van der Waals surface area (Å²) >= 11 is 5.82. The van der Waals surface area contributed by atoms with Gasteiger partial charge < -0.3 is 5.73 Å². The van der Waals surface area contributed by atoms with Crippen LogP contribution in [0.15, 0.2) is 24.3 Å². The largest absolute Gasteiger partial charge is 0.382 e. The molecule has 0 atom stereocenters. The Labute approximate surface area is 99.0 Å². The van der Waals surface area contributed by atoms with Gasteiger partial charge in [0.15, 0.2) is 5.82 Å². The zero-order valence-corrected chi connectivity index (χ0v) is 9.94. The van der Waals surface area contributed by atoms with Crippen molar-refractivity contribution < 1.29 is 0 Å². The number of hydrogen-bond donors (Lipinski definition) is 1. The molecule has 5 heteroatoms. The summed E-state index contributed by atoms with van der Waals surface area (Å²) < 4.78 is 1.70. The molecule has 0 radical (unpaired) electrons. The smallest absolute Gasteiger partial charge is 0.150 e. The van der Waals surface area contributed by atoms with Crippen LogP contribution in [0.3, 0.4) is 0 Å². The van der Waals surface area contributed by atoms with Gasteiger partial charge in [0, 0.05) is 10.6 Å². The van der Waals surface area contributed by atoms with Crippen LogP contribution in [0.5, 0.6) is 0 Å². The van der Waals surface area contributed by atoms with Crippen molar-refractivity contribution in [1.82, 2.24) is 15.0 Å². The van der Waals surface area contributed by atoms with Crippen molar-refractivity contribution in [3.63, 3.8) is 0 Å². The van der Waals surface area contributed by atoms with E-state index in [1.165, 1.54) is 0 Å². The maximum atomic E-state index is 5.98. The minimum absolute atomic E-state index is 0.202. The summed E-state index contributed by atoms with van der Waals surface area (Å²) in [6.07, 6.45) is 0. The van der Waals surface area contributed by atoms with Crippen LogP contribution in [-0.2, 0) is 0 Å². The summed E-state index contributed by atoms with van der Waals surface area (Å²) in [4.78, 5) is 0. The van der Waals surface area contributed by atoms with Crippen LogP contribution in [-0.4, -0.2) is 15.0 Å². The summed E-state index contributed by atoms with van der Waals surface area (Å²) in [6, 6.07) is 7.59. The molecule has 0 spiro atoms. The molecule has 0 bridgehead atoms. The summed E-state index contributed by atoms with van der Waals surface area (Å²) in [7, 11) is 0. The Morgan fingerprint density at radius 2 is 1.88 bits per heavy atom. The van der Waals surface area contributed by atoms with E-state index in [1.54, 1.807) is 4.68 Å². The standard InChI is InChI=1S/C11H13ClN4/c1-7(2)16-11(13)10(14-15-16)8-3-5-9(12)6-4-8/h3-7H,13H2,1-2H3. The molecule has 0 aliphatic carbocycles. The third-order valence-corrected chi connectivity index (χ3v) is 2.59. The van der Waals surface area contributed by atoms with Crippen molar-refractivity contribution in [2.45, 2.75) is 19.9 Å². The second kappa shape index (κ2) is 4.14. The molecule has 0 amide bonds. The van der Waals surface area contributed by atoms with Crippen molar-refractivity contribution in [3.05, 3.63) is 29.3 Å². The van der Waals surface area contributed by atoms with Gasteiger partial charge in [0.1, 0.15) is 5.69 Å². The fraction of sp³-hybridized carbons (Fsp3) is 0.273. The topological polar surface area (TPSA) is 56.7 Å². The quantitative estimate of drug-likeness (QED) is 0.872. The molecular formula is C11H13ClN4. The van der Waals surface area contributed by atoms with E-state index in [0.29, 0.717) is 16.5 Å². The molecule has 4 nitrogen and oxygen atoms in total. The molecule has 2 aromatic rings. The third-order valence-electron chi connectivity index (χ3n) is 2.34. The number of nitrogens with zero attached hydrogens (tertiary/aromatic N) is 3. The van der Waals surface area contributed by atoms with E-state index < -0.39 is 0 Å². The fourth-order valence-electron chi connectivity index (χ4n) is 1.50. The SMILES string of the molecule is CC(C)n1nnc(-c2ccc(Cl)cc2)c1N. The van der Waals surface area contributed by atoms with Crippen molar-refractivity contribution in [2.75, 3.05) is 5.73 Å². The fourth-order valence-corrected chi connectivity index (χ4v) is 1.62. The molecule has 84 valence electrons. The van der Waals surface area contributed by atoms with E-state index in [2.05, 4.69) is 10.3 Å². The predicted molar refractivity (Wildman–Crippen MR) is 65.3 cm³/mol. The Hall–Kier alpha value is -1.55. The highest BCUT2D eigenvalue weighted by Gasteiger charge is 2.13. The van der Waals surface area contributed by atoms with E-state index in [1.807, 2.05) is 38.1 Å². The lowest BCUT2D eigenvalue weighted by Crippen LogP contribution is -2.07. The molecule has 2 N–H and O–H groups in total. The Balaban J connectivity index is 2.45. The third kappa shape index (κ3) is 1.88. The minimum atomic E-state index is 0.202. The Kier molecular flexibility index (Phi) is 2.83. The lowest BCUT2D eigenvalue weighted by molar-refractivity contribution is 0.521. The molecule has 16 heavy (non-hydrogen) atoms. The maximum absolute atomic E-state index is 5.98. The molecule has 1 aromatic heterocycles. The summed E-state index contributed by atoms with van der Waals surface area (Å²) in [5, 5.41) is 8.80. The monoisotopic (exact) mass is 236 g/mol. The first-order valence-electron chi connectivity index (χ1n) is 5.06. The van der Waals surface area contributed by atoms with Crippen LogP contribution in [0, 0.1) is 0 Å². The molecule has 1 aromatic carbocycles. The highest BCUT2D eigenvalue weighted by Crippen LogP contribution is 2.25. The van der Waals surface area contributed by atoms with Gasteiger partial charge in [-0.2, -0.15) is 0 Å². The van der Waals surface area contributed by atoms with E-state index in [-0.39, 0.29) is 6.04 Å². The summed E-state index contributed by atoms with van der Waals surface area (Å²) in [6.45, 7) is 4.02. The molecule has 0 fully saturated rings. The lowest BCUT2D eigenvalue weighted by atomic mass is 10.1. The molecular weight excluding hydrogens is 224 g/mol. The van der Waals surface area contributed by atoms with E-state index in [4.69, 9.17) is 17.3 Å². The van der Waals surface area contributed by atoms with Crippen LogP contribution in [0.2, 0.25) is 5.02 Å². The Bertz CT molecular complexity index is 487. The van der Waals surface area contributed by atoms with E-state index in [0.717, 1.165) is 5.56 Å². The van der Waals surface area contributed by atoms with Gasteiger partial charge in [-0.25, -0.2) is 4.68 Å². The number of rotatable bonds is 2. The van der Waals surface area contributed by atoms with Gasteiger partial charge in [-0.15, -0.1) is 5.10 Å². The summed E-state index contributed by atoms with van der Waals surface area (Å²) in [5.74, 6) is 0.581. The second-order valence-electron chi connectivity index (χ2n) is 3.87. The van der Waals surface area contributed by atoms with Gasteiger partial charge in [-0.05, 0) is 26.0 Å². The predicted octanol–water partition coefficient (Wildman–Crippen LogP) is 2.76. The van der Waals surface area contributed by atoms with Crippen molar-refractivity contribution in [3.8, 4) is 11.3 Å². The van der Waals surface area contributed by atoms with Gasteiger partial charge in [-0.3, -0.25) is 0 Å². The van der Waals surface area contributed by atoms with Crippen molar-refractivity contribution >= 4 is 17.4 Å². The summed E-state index contributed by atoms with van der Waals surface area (Å²) in [5.41, 5.74) is 7.60. The average Bonchev–Trinajstić information content (AvgIpc) is 2.61. The molecule has 0 saturated carbocycles. The number of hydrogen-bond acceptors (Lipinski definition) is 3. The average molecular weight is 237 g/mol. The Morgan fingerprint density at radius 1 is 1.25 bits per heavy atom. The molecule has 0 unspecified atom stereocenters. The normalized spacial score (nSPS) is 11.0. The first-order valence-corrected chi connectivity index (χ1v) is 5.44. The van der Waals surface area contributed by atoms with Crippen molar-refractivity contribution in [1.29, 1.82) is 0 Å². The second-order valence-corrected chi connectivity index (χ2v) is 4.30. The van der Waals surface area contributed by atoms with Crippen LogP contribution < -0.4 is 5.73 Å². The number of anilines is 1. The Morgan fingerprint density at radius 3 is 2.38 bits per heavy atom. The zero-order chi connectivity index (χ0) is 11.7. The first-order chi connectivity index (χ1) is 7.59. The molecule has 0 aliphatic heterocycles. The number of aromatic nitrogens is 3. The van der Waals surface area contributed by atoms with E-state index >= 15 is 0 Å². The molecule has 1 heterocycles. The van der Waals surface area contributed by atoms with Crippen LogP contribution >= 0.6 is 11.6 Å². The zero-order valence-electron chi connectivity index (χ0n) is 9.18. The minimum Gasteiger partial charge on any atom is -0.382 e. The number of halogens is 1. The number of benzene rings is 1. The lowest BCUT2D eigenvalue weighted by Gasteiger charge is -2.06. The van der Waals surface area contributed by atoms with Crippen LogP contribution in [0.4, 0.5) is 5.82 Å². The van der Waals surface area contributed by atoms with Gasteiger partial charge in [0.2, 0.25) is 0 Å². The van der Waals surface area contributed by atoms with Gasteiger partial charge >= 0.3 is 0 Å². The van der Waals surface area contributed by atoms with E-state index in [9.17, 15) is 0 Å². The maximum Gasteiger partial charge on any atom is 0.150 e. The van der Waals surface area contributed by atoms with Crippen LogP contribution in [0.25, 0.3) is 11.3 Å². The van der Waals surface area contributed by atoms with Gasteiger partial charge in [-0.1, -0.05) is 28.9 Å². The first kappa shape index (κ1) is 11.0. The number of nitrogens with two attached hydrogens (primary N) is 1. The van der Waals surface area contributed by atoms with Crippen molar-refractivity contribution in [2.24, 2.45) is 0 Å². The highest BCUT2D eigenvalue weighted by molar-refractivity contribution is 6.30. The molecule has 0 aliphatic rings. The molecule has 2 rings (SSSR count).